The average Bonchev–Trinajstić information content (AvgIpc) is 1.54. The van der Waals surface area contributed by atoms with Crippen LogP contribution in [0, 0.1) is 6.92 Å². The SMILES string of the molecule is CCCN(Cc1cccs1)C1CCc2c(cccc2OP(=O)(O)Oc2ccc(CCC(=O)O)cc2)C1.CCCN(Cc1cccs1)[C@H]1CCc2c(cccc2OC(=O)Oc2ccc3c(C)cc(=O)oc3c2)C1.CCCN(Cc1cccs1)[C@H]1CCc2c(cccc2OP(C)(=O)O)C1. The van der Waals surface area contributed by atoms with Gasteiger partial charge in [0.05, 0.1) is 0 Å². The zero-order valence-electron chi connectivity index (χ0n) is 55.7. The first-order valence-corrected chi connectivity index (χ1v) is 39.5. The number of carbonyl (C=O) groups excluding carboxylic acids is 1. The number of hydrogen-bond acceptors (Lipinski definition) is 17. The van der Waals surface area contributed by atoms with Crippen molar-refractivity contribution in [1.82, 2.24) is 14.7 Å². The Morgan fingerprint density at radius 1 is 0.557 bits per heavy atom. The number of carboxylic acid groups (broad SMARTS) is 1. The van der Waals surface area contributed by atoms with Gasteiger partial charge in [-0.2, -0.15) is 0 Å². The summed E-state index contributed by atoms with van der Waals surface area (Å²) in [4.78, 5) is 66.9. The molecule has 3 N–H and O–H groups in total. The van der Waals surface area contributed by atoms with Crippen molar-refractivity contribution in [3.63, 3.8) is 0 Å². The van der Waals surface area contributed by atoms with E-state index in [9.17, 15) is 33.3 Å². The minimum atomic E-state index is -4.42. The topological polar surface area (TPSA) is 215 Å². The highest BCUT2D eigenvalue weighted by molar-refractivity contribution is 7.52. The number of hydrogen-bond donors (Lipinski definition) is 3. The molecule has 3 aliphatic rings. The van der Waals surface area contributed by atoms with Crippen molar-refractivity contribution in [1.29, 1.82) is 0 Å². The van der Waals surface area contributed by atoms with Crippen LogP contribution in [-0.4, -0.2) is 86.1 Å². The summed E-state index contributed by atoms with van der Waals surface area (Å²) < 4.78 is 56.9. The predicted octanol–water partition coefficient (Wildman–Crippen LogP) is 17.3. The average molecular weight is 1410 g/mol. The molecular formula is C75H87N3O14P2S3. The summed E-state index contributed by atoms with van der Waals surface area (Å²) in [5, 5.41) is 16.0. The first-order valence-electron chi connectivity index (χ1n) is 33.4. The largest absolute Gasteiger partial charge is 0.584 e. The van der Waals surface area contributed by atoms with Crippen molar-refractivity contribution in [2.24, 2.45) is 0 Å². The molecule has 5 aromatic carbocycles. The molecule has 4 heterocycles. The summed E-state index contributed by atoms with van der Waals surface area (Å²) >= 11 is 5.40. The van der Waals surface area contributed by atoms with Gasteiger partial charge in [-0.25, -0.2) is 18.7 Å². The fraction of sp³-hybridized carbons (Fsp3) is 0.373. The lowest BCUT2D eigenvalue weighted by Gasteiger charge is -2.35. The maximum Gasteiger partial charge on any atom is 0.584 e. The maximum absolute atomic E-state index is 12.8. The molecule has 3 aliphatic carbocycles. The summed E-state index contributed by atoms with van der Waals surface area (Å²) in [6.45, 7) is 15.8. The molecule has 514 valence electrons. The molecule has 0 saturated carbocycles. The highest BCUT2D eigenvalue weighted by Crippen LogP contribution is 2.47. The van der Waals surface area contributed by atoms with Gasteiger partial charge in [0, 0.05) is 83.0 Å². The van der Waals surface area contributed by atoms with Crippen LogP contribution in [0.5, 0.6) is 28.7 Å². The lowest BCUT2D eigenvalue weighted by Crippen LogP contribution is -2.39. The Labute approximate surface area is 580 Å². The number of benzene rings is 5. The molecule has 97 heavy (non-hydrogen) atoms. The van der Waals surface area contributed by atoms with Crippen molar-refractivity contribution in [2.45, 2.75) is 155 Å². The van der Waals surface area contributed by atoms with E-state index >= 15 is 0 Å². The number of rotatable bonds is 26. The molecule has 22 heteroatoms. The molecule has 0 aliphatic heterocycles. The van der Waals surface area contributed by atoms with Crippen LogP contribution in [0.1, 0.15) is 125 Å². The highest BCUT2D eigenvalue weighted by atomic mass is 32.1. The minimum Gasteiger partial charge on any atom is -0.481 e. The molecule has 0 radical (unpaired) electrons. The molecule has 0 fully saturated rings. The third-order valence-electron chi connectivity index (χ3n) is 17.7. The van der Waals surface area contributed by atoms with E-state index in [1.807, 2.05) is 42.5 Å². The molecule has 0 spiro atoms. The van der Waals surface area contributed by atoms with E-state index in [1.54, 1.807) is 71.2 Å². The fourth-order valence-corrected chi connectivity index (χ4v) is 16.9. The summed E-state index contributed by atoms with van der Waals surface area (Å²) in [5.41, 5.74) is 8.26. The van der Waals surface area contributed by atoms with Gasteiger partial charge >= 0.3 is 33.2 Å². The Balaban J connectivity index is 0.000000161. The van der Waals surface area contributed by atoms with Crippen molar-refractivity contribution in [2.75, 3.05) is 26.3 Å². The van der Waals surface area contributed by atoms with Crippen LogP contribution in [0.15, 0.2) is 165 Å². The second kappa shape index (κ2) is 34.5. The molecule has 12 rings (SSSR count). The number of nitrogens with zero attached hydrogens (tertiary/aromatic N) is 3. The molecule has 4 aromatic heterocycles. The van der Waals surface area contributed by atoms with Gasteiger partial charge in [0.15, 0.2) is 0 Å². The smallest absolute Gasteiger partial charge is 0.481 e. The van der Waals surface area contributed by atoms with Crippen molar-refractivity contribution >= 4 is 72.5 Å². The summed E-state index contributed by atoms with van der Waals surface area (Å²) in [6, 6.07) is 44.5. The van der Waals surface area contributed by atoms with E-state index < -0.39 is 33.2 Å². The van der Waals surface area contributed by atoms with Gasteiger partial charge in [0.2, 0.25) is 0 Å². The van der Waals surface area contributed by atoms with Crippen LogP contribution in [0.2, 0.25) is 0 Å². The quantitative estimate of drug-likeness (QED) is 0.0199. The number of phosphoric acid groups is 1. The van der Waals surface area contributed by atoms with Crippen molar-refractivity contribution in [3.05, 3.63) is 225 Å². The first kappa shape index (κ1) is 72.6. The van der Waals surface area contributed by atoms with E-state index in [0.29, 0.717) is 47.4 Å². The normalized spacial score (nSPS) is 16.9. The Bertz CT molecular complexity index is 4200. The molecule has 0 saturated heterocycles. The molecular weight excluding hydrogens is 1320 g/mol. The van der Waals surface area contributed by atoms with Crippen LogP contribution >= 0.6 is 49.4 Å². The lowest BCUT2D eigenvalue weighted by atomic mass is 9.86. The molecule has 17 nitrogen and oxygen atoms in total. The standard InChI is InChI=1S/C29H29NO5S.C27H32NO6PS.C19H26NO3PS/c1-3-13-30(18-23-7-5-14-36-23)21-9-11-25-20(16-21)6-4-8-26(25)35-29(32)33-22-10-12-24-19(2)15-28(31)34-27(24)17-22;1-2-16-28(19-24-6-4-17-36-24)22-11-14-25-21(18-22)5-3-7-26(25)34-35(31,32)33-23-12-8-20(9-13-23)10-15-27(29)30;1-3-11-20(14-17-7-5-12-25-17)16-9-10-18-15(13-16)6-4-8-19(18)23-24(2,21)22/h4-8,10,12,14-15,17,21H,3,9,11,13,16,18H2,1-2H3;3-9,12-13,17,22H,2,10-11,14-16,18-19H2,1H3,(H,29,30)(H,31,32);4-8,12,16H,3,9-11,13-14H2,1-2H3,(H,21,22)/t21-;;16-/m0.0/s1. The summed E-state index contributed by atoms with van der Waals surface area (Å²) in [5.74, 6) is 1.07. The van der Waals surface area contributed by atoms with E-state index in [0.717, 1.165) is 155 Å². The van der Waals surface area contributed by atoms with Gasteiger partial charge in [-0.1, -0.05) is 87.5 Å². The van der Waals surface area contributed by atoms with Gasteiger partial charge in [-0.05, 0) is 231 Å². The number of aliphatic carboxylic acids is 1. The number of fused-ring (bicyclic) bond motifs is 4. The minimum absolute atomic E-state index is 0.0199. The number of carboxylic acids is 1. The van der Waals surface area contributed by atoms with Gasteiger partial charge in [0.1, 0.15) is 34.3 Å². The summed E-state index contributed by atoms with van der Waals surface area (Å²) in [6.07, 6.45) is 11.2. The number of phosphoric ester groups is 1. The predicted molar refractivity (Wildman–Crippen MR) is 386 cm³/mol. The lowest BCUT2D eigenvalue weighted by molar-refractivity contribution is -0.136. The van der Waals surface area contributed by atoms with E-state index in [1.165, 1.54) is 44.6 Å². The number of thiophene rings is 3. The molecule has 9 aromatic rings. The Morgan fingerprint density at radius 3 is 1.45 bits per heavy atom. The first-order chi connectivity index (χ1) is 46.8. The van der Waals surface area contributed by atoms with Crippen molar-refractivity contribution < 1.29 is 61.1 Å². The number of aryl methyl sites for hydroxylation is 2. The van der Waals surface area contributed by atoms with Gasteiger partial charge in [-0.3, -0.25) is 24.4 Å². The Morgan fingerprint density at radius 2 is 1.01 bits per heavy atom. The molecule has 3 unspecified atom stereocenters. The van der Waals surface area contributed by atoms with Gasteiger partial charge in [-0.15, -0.1) is 34.0 Å². The van der Waals surface area contributed by atoms with E-state index in [2.05, 4.69) is 106 Å². The Kier molecular flexibility index (Phi) is 25.8. The van der Waals surface area contributed by atoms with Crippen LogP contribution in [0.3, 0.4) is 0 Å². The zero-order valence-corrected chi connectivity index (χ0v) is 59.9. The van der Waals surface area contributed by atoms with Crippen LogP contribution < -0.4 is 28.7 Å². The molecule has 0 bridgehead atoms. The molecule has 0 amide bonds. The second-order valence-corrected chi connectivity index (χ2v) is 31.2. The second-order valence-electron chi connectivity index (χ2n) is 25.0. The van der Waals surface area contributed by atoms with Crippen LogP contribution in [0.4, 0.5) is 4.79 Å². The van der Waals surface area contributed by atoms with E-state index in [4.69, 9.17) is 32.6 Å². The maximum atomic E-state index is 12.8. The van der Waals surface area contributed by atoms with E-state index in [-0.39, 0.29) is 17.9 Å². The van der Waals surface area contributed by atoms with Crippen LogP contribution in [0.25, 0.3) is 11.0 Å². The third-order valence-corrected chi connectivity index (χ3v) is 21.7. The zero-order chi connectivity index (χ0) is 68.5. The third kappa shape index (κ3) is 20.9. The monoisotopic (exact) mass is 1410 g/mol. The van der Waals surface area contributed by atoms with Crippen molar-refractivity contribution in [3.8, 4) is 28.7 Å². The van der Waals surface area contributed by atoms with Gasteiger partial charge < -0.3 is 37.5 Å². The summed E-state index contributed by atoms with van der Waals surface area (Å²) in [7, 11) is -7.94. The number of ether oxygens (including phenoxy) is 2. The Hall–Kier alpha value is -7.19. The molecule has 5 atom stereocenters. The highest BCUT2D eigenvalue weighted by Gasteiger charge is 2.33. The number of carbonyl (C=O) groups is 2. The van der Waals surface area contributed by atoms with Gasteiger partial charge in [0.25, 0.3) is 0 Å². The fourth-order valence-electron chi connectivity index (χ4n) is 13.3. The van der Waals surface area contributed by atoms with Crippen LogP contribution in [-0.2, 0) is 78.5 Å².